The van der Waals surface area contributed by atoms with Gasteiger partial charge in [0.15, 0.2) is 0 Å². The van der Waals surface area contributed by atoms with Crippen LogP contribution in [0.15, 0.2) is 24.3 Å². The number of carbonyl (C=O) groups excluding carboxylic acids is 1. The molecule has 0 radical (unpaired) electrons. The molecule has 4 heteroatoms. The third-order valence-corrected chi connectivity index (χ3v) is 4.34. The molecule has 1 unspecified atom stereocenters. The molecule has 1 fully saturated rings. The van der Waals surface area contributed by atoms with E-state index in [2.05, 4.69) is 5.32 Å². The van der Waals surface area contributed by atoms with Crippen LogP contribution in [-0.2, 0) is 4.79 Å². The lowest BCUT2D eigenvalue weighted by molar-refractivity contribution is -0.125. The van der Waals surface area contributed by atoms with E-state index >= 15 is 0 Å². The Labute approximate surface area is 119 Å². The Bertz CT molecular complexity index is 452. The number of hydrogen-bond acceptors (Lipinski definition) is 2. The Morgan fingerprint density at radius 3 is 2.79 bits per heavy atom. The molecule has 0 heterocycles. The number of hydrogen-bond donors (Lipinski definition) is 2. The average Bonchev–Trinajstić information content (AvgIpc) is 2.34. The summed E-state index contributed by atoms with van der Waals surface area (Å²) in [7, 11) is 0. The monoisotopic (exact) mass is 280 g/mol. The molecule has 0 spiro atoms. The maximum Gasteiger partial charge on any atom is 0.221 e. The largest absolute Gasteiger partial charge is 0.350 e. The molecule has 0 aliphatic heterocycles. The molecule has 19 heavy (non-hydrogen) atoms. The third-order valence-electron chi connectivity index (χ3n) is 4.11. The standard InChI is InChI=1S/C15H21ClN2O/c1-11(12-4-2-5-13(16)8-12)18-14(19)9-15(10-17)6-3-7-15/h2,4-5,8,11H,3,6-7,9-10,17H2,1H3,(H,18,19). The Morgan fingerprint density at radius 2 is 2.26 bits per heavy atom. The summed E-state index contributed by atoms with van der Waals surface area (Å²) in [5.74, 6) is 0.0811. The number of halogens is 1. The summed E-state index contributed by atoms with van der Waals surface area (Å²) in [5.41, 5.74) is 6.86. The van der Waals surface area contributed by atoms with Crippen LogP contribution in [0.3, 0.4) is 0 Å². The van der Waals surface area contributed by atoms with Crippen LogP contribution in [0.2, 0.25) is 5.02 Å². The lowest BCUT2D eigenvalue weighted by Crippen LogP contribution is -2.42. The van der Waals surface area contributed by atoms with E-state index in [9.17, 15) is 4.79 Å². The zero-order chi connectivity index (χ0) is 13.9. The minimum absolute atomic E-state index is 0.0268. The fourth-order valence-electron chi connectivity index (χ4n) is 2.62. The minimum atomic E-state index is -0.0268. The molecule has 1 atom stereocenters. The number of carbonyl (C=O) groups is 1. The highest BCUT2D eigenvalue weighted by molar-refractivity contribution is 6.30. The summed E-state index contributed by atoms with van der Waals surface area (Å²) in [6, 6.07) is 7.56. The van der Waals surface area contributed by atoms with Gasteiger partial charge < -0.3 is 11.1 Å². The molecule has 0 saturated heterocycles. The van der Waals surface area contributed by atoms with Crippen molar-refractivity contribution in [3.63, 3.8) is 0 Å². The van der Waals surface area contributed by atoms with Crippen molar-refractivity contribution in [3.05, 3.63) is 34.9 Å². The smallest absolute Gasteiger partial charge is 0.221 e. The first-order valence-corrected chi connectivity index (χ1v) is 7.17. The molecule has 1 saturated carbocycles. The van der Waals surface area contributed by atoms with Gasteiger partial charge in [0.1, 0.15) is 0 Å². The highest BCUT2D eigenvalue weighted by Crippen LogP contribution is 2.42. The molecule has 2 rings (SSSR count). The van der Waals surface area contributed by atoms with Crippen LogP contribution in [0.25, 0.3) is 0 Å². The van der Waals surface area contributed by atoms with Crippen LogP contribution in [0, 0.1) is 5.41 Å². The molecule has 3 nitrogen and oxygen atoms in total. The predicted octanol–water partition coefficient (Wildman–Crippen LogP) is 3.04. The zero-order valence-electron chi connectivity index (χ0n) is 11.3. The van der Waals surface area contributed by atoms with Gasteiger partial charge in [-0.15, -0.1) is 0 Å². The molecular formula is C15H21ClN2O. The van der Waals surface area contributed by atoms with E-state index in [0.29, 0.717) is 18.0 Å². The van der Waals surface area contributed by atoms with E-state index in [1.54, 1.807) is 0 Å². The number of amides is 1. The molecule has 3 N–H and O–H groups in total. The van der Waals surface area contributed by atoms with E-state index in [4.69, 9.17) is 17.3 Å². The first-order valence-electron chi connectivity index (χ1n) is 6.80. The second-order valence-corrected chi connectivity index (χ2v) is 6.02. The van der Waals surface area contributed by atoms with E-state index < -0.39 is 0 Å². The van der Waals surface area contributed by atoms with Crippen molar-refractivity contribution in [3.8, 4) is 0 Å². The summed E-state index contributed by atoms with van der Waals surface area (Å²) >= 11 is 5.96. The molecule has 1 aromatic carbocycles. The quantitative estimate of drug-likeness (QED) is 0.871. The van der Waals surface area contributed by atoms with Crippen molar-refractivity contribution in [2.45, 2.75) is 38.6 Å². The highest BCUT2D eigenvalue weighted by atomic mass is 35.5. The van der Waals surface area contributed by atoms with E-state index in [1.165, 1.54) is 6.42 Å². The van der Waals surface area contributed by atoms with Gasteiger partial charge in [-0.05, 0) is 49.4 Å². The lowest BCUT2D eigenvalue weighted by atomic mass is 9.66. The number of benzene rings is 1. The van der Waals surface area contributed by atoms with E-state index in [0.717, 1.165) is 18.4 Å². The minimum Gasteiger partial charge on any atom is -0.350 e. The average molecular weight is 281 g/mol. The molecule has 1 aliphatic carbocycles. The van der Waals surface area contributed by atoms with Crippen LogP contribution in [0.4, 0.5) is 0 Å². The van der Waals surface area contributed by atoms with Gasteiger partial charge in [-0.3, -0.25) is 4.79 Å². The maximum atomic E-state index is 12.1. The normalized spacial score (nSPS) is 18.5. The second kappa shape index (κ2) is 5.93. The predicted molar refractivity (Wildman–Crippen MR) is 78.0 cm³/mol. The Balaban J connectivity index is 1.91. The van der Waals surface area contributed by atoms with Crippen molar-refractivity contribution >= 4 is 17.5 Å². The van der Waals surface area contributed by atoms with Crippen molar-refractivity contribution in [2.75, 3.05) is 6.54 Å². The van der Waals surface area contributed by atoms with Crippen molar-refractivity contribution in [2.24, 2.45) is 11.1 Å². The molecule has 1 amide bonds. The first-order chi connectivity index (χ1) is 9.04. The summed E-state index contributed by atoms with van der Waals surface area (Å²) in [5, 5.41) is 3.72. The van der Waals surface area contributed by atoms with Crippen LogP contribution in [-0.4, -0.2) is 12.5 Å². The summed E-state index contributed by atoms with van der Waals surface area (Å²) in [6.45, 7) is 2.57. The fraction of sp³-hybridized carbons (Fsp3) is 0.533. The molecule has 104 valence electrons. The number of rotatable bonds is 5. The van der Waals surface area contributed by atoms with Gasteiger partial charge in [0.05, 0.1) is 6.04 Å². The SMILES string of the molecule is CC(NC(=O)CC1(CN)CCC1)c1cccc(Cl)c1. The number of nitrogens with one attached hydrogen (secondary N) is 1. The van der Waals surface area contributed by atoms with Crippen molar-refractivity contribution in [1.29, 1.82) is 0 Å². The van der Waals surface area contributed by atoms with Gasteiger partial charge in [0, 0.05) is 11.4 Å². The molecule has 1 aliphatic rings. The van der Waals surface area contributed by atoms with Gasteiger partial charge in [-0.25, -0.2) is 0 Å². The fourth-order valence-corrected chi connectivity index (χ4v) is 2.82. The molecule has 0 bridgehead atoms. The van der Waals surface area contributed by atoms with Gasteiger partial charge in [0.25, 0.3) is 0 Å². The lowest BCUT2D eigenvalue weighted by Gasteiger charge is -2.40. The Morgan fingerprint density at radius 1 is 1.53 bits per heavy atom. The summed E-state index contributed by atoms with van der Waals surface area (Å²) < 4.78 is 0. The first kappa shape index (κ1) is 14.4. The summed E-state index contributed by atoms with van der Waals surface area (Å²) in [6.07, 6.45) is 3.87. The summed E-state index contributed by atoms with van der Waals surface area (Å²) in [4.78, 5) is 12.1. The third kappa shape index (κ3) is 3.48. The maximum absolute atomic E-state index is 12.1. The Kier molecular flexibility index (Phi) is 4.48. The Hall–Kier alpha value is -1.06. The number of nitrogens with two attached hydrogens (primary N) is 1. The van der Waals surface area contributed by atoms with Gasteiger partial charge in [-0.2, -0.15) is 0 Å². The van der Waals surface area contributed by atoms with Crippen LogP contribution in [0.1, 0.15) is 44.2 Å². The molecular weight excluding hydrogens is 260 g/mol. The van der Waals surface area contributed by atoms with E-state index in [-0.39, 0.29) is 17.4 Å². The topological polar surface area (TPSA) is 55.1 Å². The zero-order valence-corrected chi connectivity index (χ0v) is 12.0. The van der Waals surface area contributed by atoms with Crippen molar-refractivity contribution < 1.29 is 4.79 Å². The molecule has 1 aromatic rings. The van der Waals surface area contributed by atoms with Crippen LogP contribution in [0.5, 0.6) is 0 Å². The second-order valence-electron chi connectivity index (χ2n) is 5.58. The highest BCUT2D eigenvalue weighted by Gasteiger charge is 2.37. The van der Waals surface area contributed by atoms with Gasteiger partial charge in [0.2, 0.25) is 5.91 Å². The molecule has 0 aromatic heterocycles. The van der Waals surface area contributed by atoms with Crippen LogP contribution >= 0.6 is 11.6 Å². The van der Waals surface area contributed by atoms with E-state index in [1.807, 2.05) is 31.2 Å². The van der Waals surface area contributed by atoms with Crippen molar-refractivity contribution in [1.82, 2.24) is 5.32 Å². The van der Waals surface area contributed by atoms with Gasteiger partial charge >= 0.3 is 0 Å². The van der Waals surface area contributed by atoms with Crippen LogP contribution < -0.4 is 11.1 Å². The van der Waals surface area contributed by atoms with Gasteiger partial charge in [-0.1, -0.05) is 30.2 Å².